The van der Waals surface area contributed by atoms with Gasteiger partial charge in [0.25, 0.3) is 0 Å². The third kappa shape index (κ3) is 4.95. The first kappa shape index (κ1) is 20.7. The number of Topliss-reactive ketones (excluding diaryl/α,β-unsaturated/α-hetero) is 1. The third-order valence-corrected chi connectivity index (χ3v) is 5.45. The number of methoxy groups -OCH3 is 1. The van der Waals surface area contributed by atoms with Crippen molar-refractivity contribution in [3.8, 4) is 0 Å². The van der Waals surface area contributed by atoms with E-state index in [-0.39, 0.29) is 29.1 Å². The van der Waals surface area contributed by atoms with Gasteiger partial charge in [-0.1, -0.05) is 32.9 Å². The number of carbonyl (C=O) groups is 2. The SMILES string of the molecule is COC(=O)c1ccc([C@H](C)CC(=O)C2CC(C)(C)CCN2B(C)O)cc1. The van der Waals surface area contributed by atoms with Gasteiger partial charge in [-0.15, -0.1) is 0 Å². The predicted molar refractivity (Wildman–Crippen MR) is 103 cm³/mol. The van der Waals surface area contributed by atoms with Crippen molar-refractivity contribution >= 4 is 18.8 Å². The summed E-state index contributed by atoms with van der Waals surface area (Å²) < 4.78 is 4.71. The van der Waals surface area contributed by atoms with E-state index in [2.05, 4.69) is 13.8 Å². The van der Waals surface area contributed by atoms with Crippen molar-refractivity contribution in [3.63, 3.8) is 0 Å². The maximum absolute atomic E-state index is 13.0. The van der Waals surface area contributed by atoms with Gasteiger partial charge in [-0.05, 0) is 55.2 Å². The molecule has 2 rings (SSSR count). The molecule has 0 saturated carbocycles. The smallest absolute Gasteiger partial charge is 0.377 e. The highest BCUT2D eigenvalue weighted by Crippen LogP contribution is 2.35. The molecular weight excluding hydrogens is 329 g/mol. The zero-order valence-corrected chi connectivity index (χ0v) is 16.5. The van der Waals surface area contributed by atoms with E-state index < -0.39 is 7.05 Å². The molecule has 1 heterocycles. The summed E-state index contributed by atoms with van der Waals surface area (Å²) in [4.78, 5) is 26.4. The van der Waals surface area contributed by atoms with Crippen LogP contribution in [0.25, 0.3) is 0 Å². The van der Waals surface area contributed by atoms with E-state index in [1.165, 1.54) is 7.11 Å². The van der Waals surface area contributed by atoms with Crippen LogP contribution in [0.15, 0.2) is 24.3 Å². The van der Waals surface area contributed by atoms with E-state index in [4.69, 9.17) is 4.74 Å². The molecule has 1 unspecified atom stereocenters. The molecule has 1 fully saturated rings. The highest BCUT2D eigenvalue weighted by atomic mass is 16.5. The van der Waals surface area contributed by atoms with Crippen molar-refractivity contribution in [1.82, 2.24) is 4.81 Å². The molecule has 0 radical (unpaired) electrons. The molecule has 0 bridgehead atoms. The molecule has 0 aromatic heterocycles. The summed E-state index contributed by atoms with van der Waals surface area (Å²) in [5, 5.41) is 10.1. The molecule has 5 nitrogen and oxygen atoms in total. The fourth-order valence-electron chi connectivity index (χ4n) is 3.70. The molecule has 6 heteroatoms. The number of carbonyl (C=O) groups excluding carboxylic acids is 2. The van der Waals surface area contributed by atoms with Crippen LogP contribution in [0.1, 0.15) is 61.9 Å². The van der Waals surface area contributed by atoms with Crippen molar-refractivity contribution in [2.45, 2.75) is 58.8 Å². The van der Waals surface area contributed by atoms with Gasteiger partial charge < -0.3 is 14.6 Å². The fourth-order valence-corrected chi connectivity index (χ4v) is 3.70. The van der Waals surface area contributed by atoms with Gasteiger partial charge in [0, 0.05) is 6.42 Å². The molecule has 0 aliphatic carbocycles. The van der Waals surface area contributed by atoms with Gasteiger partial charge in [0.1, 0.15) is 5.78 Å². The first-order valence-corrected chi connectivity index (χ1v) is 9.29. The molecule has 1 aromatic carbocycles. The quantitative estimate of drug-likeness (QED) is 0.624. The van der Waals surface area contributed by atoms with Gasteiger partial charge in [-0.2, -0.15) is 0 Å². The van der Waals surface area contributed by atoms with E-state index in [1.807, 2.05) is 23.9 Å². The highest BCUT2D eigenvalue weighted by molar-refractivity contribution is 6.45. The summed E-state index contributed by atoms with van der Waals surface area (Å²) in [6.45, 7) is 8.85. The Morgan fingerprint density at radius 1 is 1.35 bits per heavy atom. The summed E-state index contributed by atoms with van der Waals surface area (Å²) in [6.07, 6.45) is 2.17. The highest BCUT2D eigenvalue weighted by Gasteiger charge is 2.39. The van der Waals surface area contributed by atoms with Crippen molar-refractivity contribution in [1.29, 1.82) is 0 Å². The van der Waals surface area contributed by atoms with Crippen LogP contribution in [0, 0.1) is 5.41 Å². The monoisotopic (exact) mass is 359 g/mol. The van der Waals surface area contributed by atoms with Gasteiger partial charge in [0.2, 0.25) is 0 Å². The first-order valence-electron chi connectivity index (χ1n) is 9.29. The molecule has 1 aliphatic heterocycles. The van der Waals surface area contributed by atoms with Crippen LogP contribution in [-0.4, -0.2) is 48.3 Å². The van der Waals surface area contributed by atoms with E-state index in [0.29, 0.717) is 12.0 Å². The molecule has 142 valence electrons. The second-order valence-electron chi connectivity index (χ2n) is 8.19. The zero-order chi connectivity index (χ0) is 19.5. The van der Waals surface area contributed by atoms with Crippen LogP contribution < -0.4 is 0 Å². The van der Waals surface area contributed by atoms with E-state index in [9.17, 15) is 14.6 Å². The number of ether oxygens (including phenoxy) is 1. The molecule has 0 amide bonds. The summed E-state index contributed by atoms with van der Waals surface area (Å²) in [7, 11) is 0.742. The molecule has 1 N–H and O–H groups in total. The summed E-state index contributed by atoms with van der Waals surface area (Å²) in [6, 6.07) is 6.97. The fraction of sp³-hybridized carbons (Fsp3) is 0.600. The Kier molecular flexibility index (Phi) is 6.64. The maximum Gasteiger partial charge on any atom is 0.377 e. The van der Waals surface area contributed by atoms with Gasteiger partial charge in [-0.25, -0.2) is 4.79 Å². The minimum Gasteiger partial charge on any atom is -0.465 e. The molecule has 1 aromatic rings. The van der Waals surface area contributed by atoms with Gasteiger partial charge in [-0.3, -0.25) is 4.79 Å². The molecular formula is C20H30BNO4. The standard InChI is InChI=1S/C20H30BNO4/c1-14(15-6-8-16(9-7-15)19(24)26-5)12-18(23)17-13-20(2,3)10-11-22(17)21(4)25/h6-9,14,17,25H,10-13H2,1-5H3/t14-,17?/m1/s1. The second-order valence-corrected chi connectivity index (χ2v) is 8.19. The molecule has 1 aliphatic rings. The average Bonchev–Trinajstić information content (AvgIpc) is 2.59. The Morgan fingerprint density at radius 2 is 1.96 bits per heavy atom. The number of hydrogen-bond acceptors (Lipinski definition) is 5. The number of piperidine rings is 1. The van der Waals surface area contributed by atoms with Crippen molar-refractivity contribution < 1.29 is 19.3 Å². The Hall–Kier alpha value is -1.66. The second kappa shape index (κ2) is 8.36. The molecule has 26 heavy (non-hydrogen) atoms. The topological polar surface area (TPSA) is 66.8 Å². The number of nitrogens with zero attached hydrogens (tertiary/aromatic N) is 1. The van der Waals surface area contributed by atoms with Crippen molar-refractivity contribution in [2.24, 2.45) is 5.41 Å². The third-order valence-electron chi connectivity index (χ3n) is 5.45. The summed E-state index contributed by atoms with van der Waals surface area (Å²) in [5.74, 6) is -0.143. The van der Waals surface area contributed by atoms with Crippen molar-refractivity contribution in [3.05, 3.63) is 35.4 Å². The van der Waals surface area contributed by atoms with Crippen LogP contribution in [0.3, 0.4) is 0 Å². The lowest BCUT2D eigenvalue weighted by molar-refractivity contribution is -0.125. The Bertz CT molecular complexity index is 642. The summed E-state index contributed by atoms with van der Waals surface area (Å²) >= 11 is 0. The first-order chi connectivity index (χ1) is 12.1. The Balaban J connectivity index is 2.08. The zero-order valence-electron chi connectivity index (χ0n) is 16.5. The molecule has 0 spiro atoms. The van der Waals surface area contributed by atoms with Gasteiger partial charge in [0.15, 0.2) is 0 Å². The van der Waals surface area contributed by atoms with Crippen LogP contribution >= 0.6 is 0 Å². The van der Waals surface area contributed by atoms with Crippen molar-refractivity contribution in [2.75, 3.05) is 13.7 Å². The predicted octanol–water partition coefficient (Wildman–Crippen LogP) is 3.14. The lowest BCUT2D eigenvalue weighted by Gasteiger charge is -2.43. The van der Waals surface area contributed by atoms with E-state index in [1.54, 1.807) is 19.0 Å². The molecule has 2 atom stereocenters. The maximum atomic E-state index is 13.0. The van der Waals surface area contributed by atoms with Crippen LogP contribution in [0.4, 0.5) is 0 Å². The minimum atomic E-state index is -0.616. The average molecular weight is 359 g/mol. The number of rotatable bonds is 6. The Morgan fingerprint density at radius 3 is 2.50 bits per heavy atom. The van der Waals surface area contributed by atoms with E-state index >= 15 is 0 Å². The number of ketones is 1. The largest absolute Gasteiger partial charge is 0.465 e. The summed E-state index contributed by atoms with van der Waals surface area (Å²) in [5.41, 5.74) is 1.63. The van der Waals surface area contributed by atoms with Crippen LogP contribution in [-0.2, 0) is 9.53 Å². The van der Waals surface area contributed by atoms with Gasteiger partial charge >= 0.3 is 13.0 Å². The number of esters is 1. The molecule has 1 saturated heterocycles. The Labute approximate surface area is 156 Å². The number of hydrogen-bond donors (Lipinski definition) is 1. The van der Waals surface area contributed by atoms with Crippen LogP contribution in [0.2, 0.25) is 6.82 Å². The van der Waals surface area contributed by atoms with Gasteiger partial charge in [0.05, 0.1) is 18.7 Å². The number of benzene rings is 1. The normalized spacial score (nSPS) is 21.1. The minimum absolute atomic E-state index is 0.0510. The van der Waals surface area contributed by atoms with E-state index in [0.717, 1.165) is 24.9 Å². The van der Waals surface area contributed by atoms with Crippen LogP contribution in [0.5, 0.6) is 0 Å². The lowest BCUT2D eigenvalue weighted by atomic mass is 9.70. The lowest BCUT2D eigenvalue weighted by Crippen LogP contribution is -2.55.